The van der Waals surface area contributed by atoms with Gasteiger partial charge in [0.25, 0.3) is 11.8 Å². The van der Waals surface area contributed by atoms with Gasteiger partial charge in [-0.25, -0.2) is 5.01 Å². The van der Waals surface area contributed by atoms with Gasteiger partial charge in [0.15, 0.2) is 0 Å². The lowest BCUT2D eigenvalue weighted by atomic mass is 9.92. The largest absolute Gasteiger partial charge is 0.306 e. The molecule has 0 fully saturated rings. The molecule has 32 heavy (non-hydrogen) atoms. The van der Waals surface area contributed by atoms with Gasteiger partial charge in [-0.3, -0.25) is 15.0 Å². The summed E-state index contributed by atoms with van der Waals surface area (Å²) >= 11 is 0. The lowest BCUT2D eigenvalue weighted by Gasteiger charge is -2.27. The number of carbonyl (C=O) groups excluding carboxylic acids is 2. The zero-order valence-corrected chi connectivity index (χ0v) is 18.5. The van der Waals surface area contributed by atoms with Crippen LogP contribution in [-0.2, 0) is 16.0 Å². The molecule has 0 radical (unpaired) electrons. The number of hydrogen-bond acceptors (Lipinski definition) is 3. The fourth-order valence-electron chi connectivity index (χ4n) is 4.13. The van der Waals surface area contributed by atoms with Crippen molar-refractivity contribution < 1.29 is 9.59 Å². The van der Waals surface area contributed by atoms with Gasteiger partial charge >= 0.3 is 0 Å². The minimum atomic E-state index is -0.424. The number of anilines is 1. The Balaban J connectivity index is 1.45. The van der Waals surface area contributed by atoms with Crippen LogP contribution in [0.2, 0.25) is 0 Å². The van der Waals surface area contributed by atoms with Crippen molar-refractivity contribution in [2.45, 2.75) is 38.6 Å². The van der Waals surface area contributed by atoms with Crippen LogP contribution in [0.25, 0.3) is 11.1 Å². The average Bonchev–Trinajstić information content (AvgIpc) is 2.92. The van der Waals surface area contributed by atoms with E-state index in [-0.39, 0.29) is 17.7 Å². The zero-order chi connectivity index (χ0) is 22.5. The van der Waals surface area contributed by atoms with Crippen LogP contribution in [-0.4, -0.2) is 24.4 Å². The summed E-state index contributed by atoms with van der Waals surface area (Å²) < 4.78 is 0. The average molecular weight is 428 g/mol. The van der Waals surface area contributed by atoms with Crippen molar-refractivity contribution in [2.24, 2.45) is 0 Å². The molecule has 2 amide bonds. The Labute approximate surface area is 189 Å². The maximum Gasteiger partial charge on any atom is 0.255 e. The highest BCUT2D eigenvalue weighted by atomic mass is 16.2. The molecule has 0 aromatic heterocycles. The summed E-state index contributed by atoms with van der Waals surface area (Å²) in [5.74, 6) is -0.744. The Morgan fingerprint density at radius 3 is 2.38 bits per heavy atom. The third kappa shape index (κ3) is 4.58. The molecule has 0 spiro atoms. The topological polar surface area (TPSA) is 61.4 Å². The van der Waals surface area contributed by atoms with Crippen LogP contribution >= 0.6 is 0 Å². The maximum absolute atomic E-state index is 13.3. The van der Waals surface area contributed by atoms with Gasteiger partial charge < -0.3 is 5.32 Å². The monoisotopic (exact) mass is 427 g/mol. The standard InChI is InChI=1S/C27H29N3O2/c1-19-22-14-6-7-15-23(22)24-16-8-9-17-25(24)30(27(19)32)29-26(31)20(2)28-18-10-13-21-11-4-3-5-12-21/h3-9,11-12,14-17,19-20,28H,10,13,18H2,1-2H3,(H,29,31)/t19?,20-/m0/s1. The fourth-order valence-corrected chi connectivity index (χ4v) is 4.13. The van der Waals surface area contributed by atoms with E-state index in [1.165, 1.54) is 10.6 Å². The van der Waals surface area contributed by atoms with Crippen LogP contribution in [0.3, 0.4) is 0 Å². The predicted octanol–water partition coefficient (Wildman–Crippen LogP) is 4.45. The first kappa shape index (κ1) is 21.8. The Bertz CT molecular complexity index is 1100. The molecule has 1 aliphatic heterocycles. The summed E-state index contributed by atoms with van der Waals surface area (Å²) in [6.07, 6.45) is 1.88. The van der Waals surface area contributed by atoms with Gasteiger partial charge in [-0.1, -0.05) is 72.8 Å². The quantitative estimate of drug-likeness (QED) is 0.548. The minimum absolute atomic E-state index is 0.146. The molecule has 4 rings (SSSR count). The second-order valence-electron chi connectivity index (χ2n) is 8.24. The number of nitrogens with zero attached hydrogens (tertiary/aromatic N) is 1. The van der Waals surface area contributed by atoms with Gasteiger partial charge in [0.1, 0.15) is 0 Å². The summed E-state index contributed by atoms with van der Waals surface area (Å²) in [6, 6.07) is 25.5. The molecule has 2 atom stereocenters. The van der Waals surface area contributed by atoms with Crippen LogP contribution in [0, 0.1) is 0 Å². The maximum atomic E-state index is 13.3. The van der Waals surface area contributed by atoms with Gasteiger partial charge in [0, 0.05) is 5.56 Å². The Morgan fingerprint density at radius 1 is 0.938 bits per heavy atom. The first-order valence-corrected chi connectivity index (χ1v) is 11.2. The minimum Gasteiger partial charge on any atom is -0.306 e. The number of benzene rings is 3. The van der Waals surface area contributed by atoms with Crippen molar-refractivity contribution in [2.75, 3.05) is 11.6 Å². The van der Waals surface area contributed by atoms with Gasteiger partial charge in [-0.05, 0) is 56.0 Å². The van der Waals surface area contributed by atoms with Gasteiger partial charge in [0.05, 0.1) is 17.6 Å². The lowest BCUT2D eigenvalue weighted by molar-refractivity contribution is -0.127. The van der Waals surface area contributed by atoms with E-state index in [2.05, 4.69) is 22.9 Å². The molecule has 0 saturated heterocycles. The highest BCUT2D eigenvalue weighted by Crippen LogP contribution is 2.39. The third-order valence-electron chi connectivity index (χ3n) is 6.00. The van der Waals surface area contributed by atoms with Crippen molar-refractivity contribution in [3.05, 3.63) is 90.0 Å². The van der Waals surface area contributed by atoms with E-state index < -0.39 is 6.04 Å². The van der Waals surface area contributed by atoms with Gasteiger partial charge in [-0.15, -0.1) is 0 Å². The van der Waals surface area contributed by atoms with Crippen LogP contribution < -0.4 is 15.8 Å². The molecule has 0 bridgehead atoms. The number of hydrogen-bond donors (Lipinski definition) is 2. The smallest absolute Gasteiger partial charge is 0.255 e. The van der Waals surface area contributed by atoms with Crippen LogP contribution in [0.4, 0.5) is 5.69 Å². The van der Waals surface area contributed by atoms with Crippen molar-refractivity contribution in [3.8, 4) is 11.1 Å². The summed E-state index contributed by atoms with van der Waals surface area (Å²) in [5.41, 5.74) is 7.77. The molecule has 0 aliphatic carbocycles. The number of hydrazine groups is 1. The van der Waals surface area contributed by atoms with E-state index in [0.29, 0.717) is 5.69 Å². The number of para-hydroxylation sites is 1. The van der Waals surface area contributed by atoms with Gasteiger partial charge in [0.2, 0.25) is 0 Å². The summed E-state index contributed by atoms with van der Waals surface area (Å²) in [4.78, 5) is 26.3. The van der Waals surface area contributed by atoms with Crippen LogP contribution in [0.1, 0.15) is 37.3 Å². The number of aryl methyl sites for hydroxylation is 1. The number of rotatable bonds is 7. The van der Waals surface area contributed by atoms with Crippen LogP contribution in [0.15, 0.2) is 78.9 Å². The van der Waals surface area contributed by atoms with E-state index in [4.69, 9.17) is 0 Å². The Morgan fingerprint density at radius 2 is 1.59 bits per heavy atom. The molecule has 5 nitrogen and oxygen atoms in total. The van der Waals surface area contributed by atoms with E-state index in [9.17, 15) is 9.59 Å². The van der Waals surface area contributed by atoms with E-state index in [1.54, 1.807) is 0 Å². The third-order valence-corrected chi connectivity index (χ3v) is 6.00. The number of amides is 2. The highest BCUT2D eigenvalue weighted by Gasteiger charge is 2.32. The Kier molecular flexibility index (Phi) is 6.66. The molecular weight excluding hydrogens is 398 g/mol. The van der Waals surface area contributed by atoms with Crippen LogP contribution in [0.5, 0.6) is 0 Å². The molecule has 3 aromatic rings. The number of nitrogens with one attached hydrogen (secondary N) is 2. The normalized spacial score (nSPS) is 16.0. The van der Waals surface area contributed by atoms with E-state index in [0.717, 1.165) is 36.1 Å². The van der Waals surface area contributed by atoms with Crippen molar-refractivity contribution in [1.29, 1.82) is 0 Å². The molecule has 0 saturated carbocycles. The number of carbonyl (C=O) groups is 2. The summed E-state index contributed by atoms with van der Waals surface area (Å²) in [6.45, 7) is 4.43. The first-order chi connectivity index (χ1) is 15.6. The van der Waals surface area contributed by atoms with Crippen molar-refractivity contribution >= 4 is 17.5 Å². The molecule has 1 aliphatic rings. The molecule has 1 heterocycles. The first-order valence-electron chi connectivity index (χ1n) is 11.2. The van der Waals surface area contributed by atoms with E-state index in [1.807, 2.05) is 80.6 Å². The summed E-state index contributed by atoms with van der Waals surface area (Å²) in [5, 5.41) is 4.70. The van der Waals surface area contributed by atoms with Gasteiger partial charge in [-0.2, -0.15) is 0 Å². The highest BCUT2D eigenvalue weighted by molar-refractivity contribution is 6.06. The number of fused-ring (bicyclic) bond motifs is 3. The van der Waals surface area contributed by atoms with Crippen molar-refractivity contribution in [1.82, 2.24) is 10.7 Å². The fraction of sp³-hybridized carbons (Fsp3) is 0.259. The predicted molar refractivity (Wildman–Crippen MR) is 128 cm³/mol. The second-order valence-corrected chi connectivity index (χ2v) is 8.24. The molecule has 164 valence electrons. The molecule has 1 unspecified atom stereocenters. The molecular formula is C27H29N3O2. The SMILES string of the molecule is CC1C(=O)N(NC(=O)[C@H](C)NCCCc2ccccc2)c2ccccc2-c2ccccc21. The van der Waals surface area contributed by atoms with E-state index >= 15 is 0 Å². The molecule has 3 aromatic carbocycles. The van der Waals surface area contributed by atoms with Crippen molar-refractivity contribution in [3.63, 3.8) is 0 Å². The lowest BCUT2D eigenvalue weighted by Crippen LogP contribution is -2.53. The second kappa shape index (κ2) is 9.79. The zero-order valence-electron chi connectivity index (χ0n) is 18.5. The summed E-state index contributed by atoms with van der Waals surface area (Å²) in [7, 11) is 0. The molecule has 2 N–H and O–H groups in total. The Hall–Kier alpha value is -3.44. The molecule has 5 heteroatoms.